The van der Waals surface area contributed by atoms with Crippen molar-refractivity contribution >= 4 is 0 Å². The van der Waals surface area contributed by atoms with Crippen molar-refractivity contribution in [1.82, 2.24) is 0 Å². The fourth-order valence-electron chi connectivity index (χ4n) is 1.71. The lowest BCUT2D eigenvalue weighted by atomic mass is 9.95. The van der Waals surface area contributed by atoms with E-state index in [0.29, 0.717) is 18.6 Å². The molecule has 0 aliphatic heterocycles. The third-order valence-corrected chi connectivity index (χ3v) is 2.69. The summed E-state index contributed by atoms with van der Waals surface area (Å²) in [6, 6.07) is 0. The van der Waals surface area contributed by atoms with Gasteiger partial charge in [-0.25, -0.2) is 0 Å². The third kappa shape index (κ3) is 2.80. The Morgan fingerprint density at radius 2 is 1.36 bits per heavy atom. The van der Waals surface area contributed by atoms with Crippen LogP contribution < -0.4 is 0 Å². The highest BCUT2D eigenvalue weighted by Gasteiger charge is 2.40. The maximum atomic E-state index is 8.63. The Morgan fingerprint density at radius 1 is 0.909 bits per heavy atom. The van der Waals surface area contributed by atoms with Gasteiger partial charge in [0.2, 0.25) is 0 Å². The first-order valence-corrected chi connectivity index (χ1v) is 4.55. The minimum Gasteiger partial charge on any atom is -0.396 e. The quantitative estimate of drug-likeness (QED) is 0.612. The Balaban J connectivity index is 2.08. The summed E-state index contributed by atoms with van der Waals surface area (Å²) >= 11 is 0. The van der Waals surface area contributed by atoms with Gasteiger partial charge >= 0.3 is 0 Å². The number of hydrogen-bond donors (Lipinski definition) is 2. The van der Waals surface area contributed by atoms with E-state index in [1.54, 1.807) is 0 Å². The van der Waals surface area contributed by atoms with Crippen molar-refractivity contribution in [2.24, 2.45) is 5.41 Å². The van der Waals surface area contributed by atoms with E-state index in [4.69, 9.17) is 10.2 Å². The largest absolute Gasteiger partial charge is 0.396 e. The Kier molecular flexibility index (Phi) is 3.34. The molecule has 0 atom stereocenters. The second-order valence-corrected chi connectivity index (χ2v) is 3.65. The van der Waals surface area contributed by atoms with Crippen LogP contribution in [-0.2, 0) is 0 Å². The maximum absolute atomic E-state index is 8.63. The molecule has 1 aliphatic carbocycles. The van der Waals surface area contributed by atoms with Gasteiger partial charge in [0.1, 0.15) is 0 Å². The second kappa shape index (κ2) is 4.07. The normalized spacial score (nSPS) is 20.2. The fraction of sp³-hybridized carbons (Fsp3) is 1.00. The van der Waals surface area contributed by atoms with Gasteiger partial charge in [0.05, 0.1) is 0 Å². The van der Waals surface area contributed by atoms with E-state index < -0.39 is 0 Å². The summed E-state index contributed by atoms with van der Waals surface area (Å²) in [5.74, 6) is 0. The molecule has 1 fully saturated rings. The molecule has 0 unspecified atom stereocenters. The van der Waals surface area contributed by atoms with Crippen molar-refractivity contribution in [2.45, 2.75) is 38.5 Å². The number of aliphatic hydroxyl groups excluding tert-OH is 2. The summed E-state index contributed by atoms with van der Waals surface area (Å²) in [7, 11) is 0. The van der Waals surface area contributed by atoms with Gasteiger partial charge in [0.15, 0.2) is 0 Å². The standard InChI is InChI=1S/C9H18O2/c10-7-1-3-9(5-6-9)4-2-8-11/h10-11H,1-8H2. The van der Waals surface area contributed by atoms with Crippen molar-refractivity contribution in [3.05, 3.63) is 0 Å². The van der Waals surface area contributed by atoms with Crippen LogP contribution in [0.15, 0.2) is 0 Å². The molecule has 1 rings (SSSR count). The molecule has 0 spiro atoms. The number of aliphatic hydroxyl groups is 2. The van der Waals surface area contributed by atoms with Crippen LogP contribution >= 0.6 is 0 Å². The molecule has 11 heavy (non-hydrogen) atoms. The Bertz CT molecular complexity index is 98.1. The molecule has 0 radical (unpaired) electrons. The zero-order valence-electron chi connectivity index (χ0n) is 7.05. The minimum atomic E-state index is 0.320. The average Bonchev–Trinajstić information content (AvgIpc) is 2.79. The van der Waals surface area contributed by atoms with Gasteiger partial charge in [0, 0.05) is 13.2 Å². The molecule has 0 heterocycles. The predicted molar refractivity (Wildman–Crippen MR) is 44.3 cm³/mol. The molecule has 0 bridgehead atoms. The summed E-state index contributed by atoms with van der Waals surface area (Å²) in [6.45, 7) is 0.641. The first-order chi connectivity index (χ1) is 5.33. The molecule has 1 saturated carbocycles. The van der Waals surface area contributed by atoms with Crippen molar-refractivity contribution in [3.8, 4) is 0 Å². The van der Waals surface area contributed by atoms with Gasteiger partial charge in [-0.05, 0) is 43.9 Å². The van der Waals surface area contributed by atoms with Crippen molar-refractivity contribution in [2.75, 3.05) is 13.2 Å². The SMILES string of the molecule is OCCCC1(CCCO)CC1. The van der Waals surface area contributed by atoms with Crippen molar-refractivity contribution in [1.29, 1.82) is 0 Å². The first-order valence-electron chi connectivity index (χ1n) is 4.55. The summed E-state index contributed by atoms with van der Waals surface area (Å²) in [6.07, 6.45) is 6.81. The van der Waals surface area contributed by atoms with E-state index in [2.05, 4.69) is 0 Å². The molecule has 1 aliphatic rings. The van der Waals surface area contributed by atoms with E-state index in [-0.39, 0.29) is 0 Å². The number of rotatable bonds is 6. The highest BCUT2D eigenvalue weighted by molar-refractivity contribution is 4.92. The van der Waals surface area contributed by atoms with E-state index in [0.717, 1.165) is 25.7 Å². The molecule has 0 aromatic carbocycles. The number of hydrogen-bond acceptors (Lipinski definition) is 2. The van der Waals surface area contributed by atoms with Gasteiger partial charge in [-0.2, -0.15) is 0 Å². The summed E-state index contributed by atoms with van der Waals surface area (Å²) in [5, 5.41) is 17.3. The maximum Gasteiger partial charge on any atom is 0.0431 e. The predicted octanol–water partition coefficient (Wildman–Crippen LogP) is 1.31. The Labute approximate surface area is 68.2 Å². The monoisotopic (exact) mass is 158 g/mol. The van der Waals surface area contributed by atoms with Crippen LogP contribution in [0.1, 0.15) is 38.5 Å². The van der Waals surface area contributed by atoms with Crippen molar-refractivity contribution in [3.63, 3.8) is 0 Å². The second-order valence-electron chi connectivity index (χ2n) is 3.65. The molecule has 0 amide bonds. The van der Waals surface area contributed by atoms with Gasteiger partial charge < -0.3 is 10.2 Å². The highest BCUT2D eigenvalue weighted by Crippen LogP contribution is 2.53. The zero-order chi connectivity index (χ0) is 8.16. The Morgan fingerprint density at radius 3 is 1.64 bits per heavy atom. The van der Waals surface area contributed by atoms with Crippen LogP contribution in [0.5, 0.6) is 0 Å². The summed E-state index contributed by atoms with van der Waals surface area (Å²) in [5.41, 5.74) is 0.533. The van der Waals surface area contributed by atoms with Crippen LogP contribution in [-0.4, -0.2) is 23.4 Å². The van der Waals surface area contributed by atoms with E-state index in [1.165, 1.54) is 12.8 Å². The molecule has 2 nitrogen and oxygen atoms in total. The van der Waals surface area contributed by atoms with Gasteiger partial charge in [-0.15, -0.1) is 0 Å². The van der Waals surface area contributed by atoms with Crippen LogP contribution in [0.2, 0.25) is 0 Å². The Hall–Kier alpha value is -0.0800. The van der Waals surface area contributed by atoms with E-state index in [1.807, 2.05) is 0 Å². The van der Waals surface area contributed by atoms with Crippen molar-refractivity contribution < 1.29 is 10.2 Å². The van der Waals surface area contributed by atoms with Crippen LogP contribution in [0.4, 0.5) is 0 Å². The molecule has 2 N–H and O–H groups in total. The lowest BCUT2D eigenvalue weighted by Gasteiger charge is -2.12. The molecular formula is C9H18O2. The molecule has 0 saturated heterocycles. The van der Waals surface area contributed by atoms with E-state index >= 15 is 0 Å². The highest BCUT2D eigenvalue weighted by atomic mass is 16.3. The third-order valence-electron chi connectivity index (χ3n) is 2.69. The fourth-order valence-corrected chi connectivity index (χ4v) is 1.71. The van der Waals surface area contributed by atoms with Crippen LogP contribution in [0.3, 0.4) is 0 Å². The van der Waals surface area contributed by atoms with Gasteiger partial charge in [-0.1, -0.05) is 0 Å². The van der Waals surface area contributed by atoms with Crippen LogP contribution in [0.25, 0.3) is 0 Å². The van der Waals surface area contributed by atoms with Gasteiger partial charge in [0.25, 0.3) is 0 Å². The first kappa shape index (κ1) is 9.01. The average molecular weight is 158 g/mol. The molecular weight excluding hydrogens is 140 g/mol. The topological polar surface area (TPSA) is 40.5 Å². The summed E-state index contributed by atoms with van der Waals surface area (Å²) in [4.78, 5) is 0. The molecule has 66 valence electrons. The smallest absolute Gasteiger partial charge is 0.0431 e. The lowest BCUT2D eigenvalue weighted by molar-refractivity contribution is 0.242. The molecule has 0 aromatic rings. The molecule has 2 heteroatoms. The van der Waals surface area contributed by atoms with Crippen LogP contribution in [0, 0.1) is 5.41 Å². The van der Waals surface area contributed by atoms with E-state index in [9.17, 15) is 0 Å². The van der Waals surface area contributed by atoms with Gasteiger partial charge in [-0.3, -0.25) is 0 Å². The summed E-state index contributed by atoms with van der Waals surface area (Å²) < 4.78 is 0. The molecule has 0 aromatic heterocycles. The zero-order valence-corrected chi connectivity index (χ0v) is 7.05. The minimum absolute atomic E-state index is 0.320. The lowest BCUT2D eigenvalue weighted by Crippen LogP contribution is -2.02.